The number of hydrogen-bond acceptors (Lipinski definition) is 7. The molecule has 0 saturated heterocycles. The smallest absolute Gasteiger partial charge is 0.340 e. The van der Waals surface area contributed by atoms with Gasteiger partial charge in [-0.25, -0.2) is 14.8 Å². The van der Waals surface area contributed by atoms with E-state index in [4.69, 9.17) is 10.5 Å². The minimum Gasteiger partial charge on any atom is -0.497 e. The molecule has 0 atom stereocenters. The number of rotatable bonds is 4. The maximum absolute atomic E-state index is 11.4. The third kappa shape index (κ3) is 3.45. The first-order valence-corrected chi connectivity index (χ1v) is 5.51. The zero-order valence-electron chi connectivity index (χ0n) is 10.5. The first-order valence-electron chi connectivity index (χ1n) is 5.51. The Morgan fingerprint density at radius 3 is 2.75 bits per heavy atom. The molecule has 0 saturated carbocycles. The van der Waals surface area contributed by atoms with Gasteiger partial charge in [0.2, 0.25) is 11.6 Å². The summed E-state index contributed by atoms with van der Waals surface area (Å²) >= 11 is 0. The molecule has 0 aliphatic rings. The molecule has 0 aliphatic heterocycles. The van der Waals surface area contributed by atoms with Gasteiger partial charge in [0.05, 0.1) is 13.3 Å². The predicted octanol–water partition coefficient (Wildman–Crippen LogP) is 0.816. The number of carbonyl (C=O) groups excluding carboxylic acids is 1. The van der Waals surface area contributed by atoms with Gasteiger partial charge in [0.1, 0.15) is 5.75 Å². The molecule has 1 aromatic carbocycles. The Bertz CT molecular complexity index is 607. The summed E-state index contributed by atoms with van der Waals surface area (Å²) in [5, 5.41) is 12.8. The Morgan fingerprint density at radius 1 is 1.40 bits per heavy atom. The van der Waals surface area contributed by atoms with Gasteiger partial charge in [0.15, 0.2) is 0 Å². The number of carbonyl (C=O) groups is 1. The van der Waals surface area contributed by atoms with Gasteiger partial charge in [-0.05, 0) is 40.1 Å². The van der Waals surface area contributed by atoms with Gasteiger partial charge in [-0.15, -0.1) is 0 Å². The minimum absolute atomic E-state index is 0.0146. The molecule has 2 aromatic rings. The standard InChI is InChI=1S/C11H12N6O3/c1-19-8-4-2-7(3-5-8)6-13-15-11(18)14-10-9(12)16-20-17-10/h2-6H,1H3,(H2,12,16)(H2,14,15,17,18)/b13-6+. The molecule has 1 aromatic heterocycles. The average molecular weight is 276 g/mol. The third-order valence-electron chi connectivity index (χ3n) is 2.24. The first-order chi connectivity index (χ1) is 9.69. The van der Waals surface area contributed by atoms with Crippen molar-refractivity contribution in [2.45, 2.75) is 0 Å². The molecule has 9 heteroatoms. The summed E-state index contributed by atoms with van der Waals surface area (Å²) in [5.74, 6) is 0.753. The highest BCUT2D eigenvalue weighted by Crippen LogP contribution is 2.10. The molecule has 0 fully saturated rings. The number of methoxy groups -OCH3 is 1. The van der Waals surface area contributed by atoms with Crippen LogP contribution < -0.4 is 21.2 Å². The highest BCUT2D eigenvalue weighted by molar-refractivity contribution is 5.91. The maximum Gasteiger partial charge on any atom is 0.340 e. The van der Waals surface area contributed by atoms with E-state index in [0.717, 1.165) is 11.3 Å². The highest BCUT2D eigenvalue weighted by Gasteiger charge is 2.08. The number of ether oxygens (including phenoxy) is 1. The number of nitrogens with zero attached hydrogens (tertiary/aromatic N) is 3. The fourth-order valence-corrected chi connectivity index (χ4v) is 1.27. The summed E-state index contributed by atoms with van der Waals surface area (Å²) in [7, 11) is 1.58. The van der Waals surface area contributed by atoms with Crippen LogP contribution in [0.15, 0.2) is 34.0 Å². The van der Waals surface area contributed by atoms with Crippen LogP contribution in [0.3, 0.4) is 0 Å². The maximum atomic E-state index is 11.4. The van der Waals surface area contributed by atoms with Gasteiger partial charge >= 0.3 is 6.03 Å². The number of benzene rings is 1. The van der Waals surface area contributed by atoms with Crippen molar-refractivity contribution >= 4 is 23.9 Å². The van der Waals surface area contributed by atoms with Gasteiger partial charge in [0.25, 0.3) is 0 Å². The second-order valence-electron chi connectivity index (χ2n) is 3.60. The Balaban J connectivity index is 1.86. The Hall–Kier alpha value is -3.10. The van der Waals surface area contributed by atoms with Crippen molar-refractivity contribution < 1.29 is 14.2 Å². The number of hydrogen-bond donors (Lipinski definition) is 3. The van der Waals surface area contributed by atoms with E-state index in [9.17, 15) is 4.79 Å². The lowest BCUT2D eigenvalue weighted by molar-refractivity contribution is 0.252. The molecular weight excluding hydrogens is 264 g/mol. The monoisotopic (exact) mass is 276 g/mol. The fourth-order valence-electron chi connectivity index (χ4n) is 1.27. The number of nitrogens with two attached hydrogens (primary N) is 1. The van der Waals surface area contributed by atoms with E-state index in [1.165, 1.54) is 6.21 Å². The number of aromatic nitrogens is 2. The van der Waals surface area contributed by atoms with Crippen molar-refractivity contribution in [3.8, 4) is 5.75 Å². The number of urea groups is 1. The van der Waals surface area contributed by atoms with E-state index >= 15 is 0 Å². The van der Waals surface area contributed by atoms with Crippen molar-refractivity contribution in [2.75, 3.05) is 18.2 Å². The summed E-state index contributed by atoms with van der Waals surface area (Å²) in [4.78, 5) is 11.4. The highest BCUT2D eigenvalue weighted by atomic mass is 16.6. The van der Waals surface area contributed by atoms with Crippen LogP contribution in [0, 0.1) is 0 Å². The molecule has 0 aliphatic carbocycles. The van der Waals surface area contributed by atoms with Crippen LogP contribution in [-0.2, 0) is 0 Å². The van der Waals surface area contributed by atoms with Gasteiger partial charge in [-0.3, -0.25) is 5.32 Å². The number of hydrazone groups is 1. The fraction of sp³-hybridized carbons (Fsp3) is 0.0909. The molecule has 0 bridgehead atoms. The molecule has 9 nitrogen and oxygen atoms in total. The quantitative estimate of drug-likeness (QED) is 0.560. The SMILES string of the molecule is COc1ccc(/C=N/NC(=O)Nc2nonc2N)cc1. The van der Waals surface area contributed by atoms with E-state index < -0.39 is 6.03 Å². The van der Waals surface area contributed by atoms with Gasteiger partial charge in [-0.2, -0.15) is 5.10 Å². The van der Waals surface area contributed by atoms with E-state index in [1.807, 2.05) is 0 Å². The van der Waals surface area contributed by atoms with E-state index in [0.29, 0.717) is 0 Å². The van der Waals surface area contributed by atoms with Crippen LogP contribution in [0.25, 0.3) is 0 Å². The predicted molar refractivity (Wildman–Crippen MR) is 71.5 cm³/mol. The van der Waals surface area contributed by atoms with Crippen molar-refractivity contribution in [1.82, 2.24) is 15.7 Å². The van der Waals surface area contributed by atoms with Crippen LogP contribution in [0.2, 0.25) is 0 Å². The average Bonchev–Trinajstić information content (AvgIpc) is 2.85. The summed E-state index contributed by atoms with van der Waals surface area (Å²) in [5.41, 5.74) is 8.42. The molecule has 2 rings (SSSR count). The van der Waals surface area contributed by atoms with Crippen LogP contribution in [0.4, 0.5) is 16.4 Å². The summed E-state index contributed by atoms with van der Waals surface area (Å²) in [6.45, 7) is 0. The molecule has 104 valence electrons. The lowest BCUT2D eigenvalue weighted by Gasteiger charge is -2.00. The topological polar surface area (TPSA) is 128 Å². The first kappa shape index (κ1) is 13.3. The summed E-state index contributed by atoms with van der Waals surface area (Å²) in [6, 6.07) is 6.53. The summed E-state index contributed by atoms with van der Waals surface area (Å²) < 4.78 is 9.35. The molecule has 0 spiro atoms. The normalized spacial score (nSPS) is 10.4. The number of anilines is 2. The largest absolute Gasteiger partial charge is 0.497 e. The van der Waals surface area contributed by atoms with Gasteiger partial charge < -0.3 is 10.5 Å². The third-order valence-corrected chi connectivity index (χ3v) is 2.24. The zero-order valence-corrected chi connectivity index (χ0v) is 10.5. The second kappa shape index (κ2) is 6.18. The van der Waals surface area contributed by atoms with Crippen LogP contribution in [0.1, 0.15) is 5.56 Å². The van der Waals surface area contributed by atoms with Gasteiger partial charge in [-0.1, -0.05) is 0 Å². The zero-order chi connectivity index (χ0) is 14.4. The van der Waals surface area contributed by atoms with Crippen LogP contribution >= 0.6 is 0 Å². The molecular formula is C11H12N6O3. The van der Waals surface area contributed by atoms with E-state index in [1.54, 1.807) is 31.4 Å². The van der Waals surface area contributed by atoms with Crippen LogP contribution in [0.5, 0.6) is 5.75 Å². The molecule has 0 radical (unpaired) electrons. The molecule has 20 heavy (non-hydrogen) atoms. The lowest BCUT2D eigenvalue weighted by atomic mass is 10.2. The summed E-state index contributed by atoms with van der Waals surface area (Å²) in [6.07, 6.45) is 1.48. The molecule has 4 N–H and O–H groups in total. The Morgan fingerprint density at radius 2 is 2.15 bits per heavy atom. The van der Waals surface area contributed by atoms with E-state index in [-0.39, 0.29) is 11.6 Å². The van der Waals surface area contributed by atoms with Crippen molar-refractivity contribution in [2.24, 2.45) is 5.10 Å². The van der Waals surface area contributed by atoms with Crippen LogP contribution in [-0.4, -0.2) is 29.7 Å². The van der Waals surface area contributed by atoms with Gasteiger partial charge in [0, 0.05) is 0 Å². The molecule has 2 amide bonds. The second-order valence-corrected chi connectivity index (χ2v) is 3.60. The Kier molecular flexibility index (Phi) is 4.12. The number of nitrogens with one attached hydrogen (secondary N) is 2. The minimum atomic E-state index is -0.614. The molecule has 1 heterocycles. The lowest BCUT2D eigenvalue weighted by Crippen LogP contribution is -2.24. The number of nitrogen functional groups attached to an aromatic ring is 1. The Labute approximate surface area is 113 Å². The van der Waals surface area contributed by atoms with Crippen molar-refractivity contribution in [1.29, 1.82) is 0 Å². The number of amides is 2. The van der Waals surface area contributed by atoms with Crippen molar-refractivity contribution in [3.05, 3.63) is 29.8 Å². The van der Waals surface area contributed by atoms with Crippen molar-refractivity contribution in [3.63, 3.8) is 0 Å². The molecule has 0 unspecified atom stereocenters. The van der Waals surface area contributed by atoms with E-state index in [2.05, 4.69) is 30.8 Å².